The number of rotatable bonds is 1. The van der Waals surface area contributed by atoms with E-state index in [4.69, 9.17) is 1.37 Å². The first-order chi connectivity index (χ1) is 14.4. The quantitative estimate of drug-likeness (QED) is 0.313. The number of nitrogens with zero attached hydrogens (tertiary/aromatic N) is 1. The fraction of sp³-hybridized carbons (Fsp3) is 0.414. The molecule has 154 valence electrons. The van der Waals surface area contributed by atoms with Crippen LogP contribution < -0.4 is 4.57 Å². The fourth-order valence-corrected chi connectivity index (χ4v) is 5.97. The molecule has 0 aliphatic heterocycles. The number of hydrogen-bond acceptors (Lipinski definition) is 0. The Morgan fingerprint density at radius 2 is 1.67 bits per heavy atom. The minimum absolute atomic E-state index is 0.0573. The second kappa shape index (κ2) is 6.06. The van der Waals surface area contributed by atoms with Crippen molar-refractivity contribution in [1.82, 2.24) is 0 Å². The number of fused-ring (bicyclic) bond motifs is 6. The zero-order chi connectivity index (χ0) is 22.5. The van der Waals surface area contributed by atoms with Gasteiger partial charge in [0.15, 0.2) is 6.20 Å². The zero-order valence-electron chi connectivity index (χ0n) is 20.7. The van der Waals surface area contributed by atoms with Gasteiger partial charge in [-0.2, -0.15) is 0 Å². The minimum atomic E-state index is -0.652. The van der Waals surface area contributed by atoms with E-state index in [0.717, 1.165) is 12.0 Å². The van der Waals surface area contributed by atoms with E-state index in [1.54, 1.807) is 0 Å². The molecule has 3 aromatic rings. The molecule has 1 aromatic heterocycles. The molecule has 5 rings (SSSR count). The maximum absolute atomic E-state index is 8.94. The van der Waals surface area contributed by atoms with E-state index in [9.17, 15) is 0 Å². The van der Waals surface area contributed by atoms with Gasteiger partial charge >= 0.3 is 0 Å². The second-order valence-electron chi connectivity index (χ2n) is 10.6. The Morgan fingerprint density at radius 1 is 0.967 bits per heavy atom. The van der Waals surface area contributed by atoms with Crippen LogP contribution in [0.3, 0.4) is 0 Å². The van der Waals surface area contributed by atoms with E-state index in [-0.39, 0.29) is 10.8 Å². The third-order valence-electron chi connectivity index (χ3n) is 8.29. The Labute approximate surface area is 183 Å². The van der Waals surface area contributed by atoms with Crippen molar-refractivity contribution in [3.63, 3.8) is 0 Å². The van der Waals surface area contributed by atoms with Crippen molar-refractivity contribution >= 4 is 0 Å². The van der Waals surface area contributed by atoms with Crippen LogP contribution in [0.4, 0.5) is 0 Å². The predicted octanol–water partition coefficient (Wildman–Crippen LogP) is 6.75. The Hall–Kier alpha value is -2.41. The highest BCUT2D eigenvalue weighted by molar-refractivity contribution is 5.88. The monoisotopic (exact) mass is 397 g/mol. The Morgan fingerprint density at radius 3 is 2.37 bits per heavy atom. The van der Waals surface area contributed by atoms with Crippen LogP contribution in [0.15, 0.2) is 42.6 Å². The molecule has 1 heteroatoms. The summed E-state index contributed by atoms with van der Waals surface area (Å²) >= 11 is 0. The lowest BCUT2D eigenvalue weighted by Crippen LogP contribution is -2.49. The first-order valence-corrected chi connectivity index (χ1v) is 11.2. The number of benzene rings is 2. The molecule has 0 radical (unpaired) electrons. The summed E-state index contributed by atoms with van der Waals surface area (Å²) in [4.78, 5) is 0. The minimum Gasteiger partial charge on any atom is -0.201 e. The third-order valence-corrected chi connectivity index (χ3v) is 8.29. The van der Waals surface area contributed by atoms with Gasteiger partial charge < -0.3 is 0 Å². The molecule has 1 heterocycles. The largest absolute Gasteiger partial charge is 0.216 e. The average molecular weight is 398 g/mol. The van der Waals surface area contributed by atoms with Gasteiger partial charge in [0.2, 0.25) is 5.69 Å². The van der Waals surface area contributed by atoms with Crippen molar-refractivity contribution in [2.75, 3.05) is 0 Å². The van der Waals surface area contributed by atoms with Gasteiger partial charge in [-0.05, 0) is 63.6 Å². The summed E-state index contributed by atoms with van der Waals surface area (Å²) < 4.78 is 11.2. The van der Waals surface area contributed by atoms with Gasteiger partial charge in [-0.25, -0.2) is 4.57 Å². The number of aromatic nitrogens is 1. The van der Waals surface area contributed by atoms with Gasteiger partial charge in [-0.15, -0.1) is 0 Å². The van der Waals surface area contributed by atoms with Crippen LogP contribution in [-0.2, 0) is 24.3 Å². The lowest BCUT2D eigenvalue weighted by atomic mass is 9.54. The van der Waals surface area contributed by atoms with Crippen molar-refractivity contribution < 1.29 is 5.94 Å². The van der Waals surface area contributed by atoms with Crippen molar-refractivity contribution in [3.8, 4) is 22.4 Å². The maximum Gasteiger partial charge on any atom is 0.216 e. The highest BCUT2D eigenvalue weighted by Crippen LogP contribution is 2.57. The molecule has 2 aromatic carbocycles. The molecule has 0 atom stereocenters. The van der Waals surface area contributed by atoms with Crippen molar-refractivity contribution in [2.24, 2.45) is 7.05 Å². The Balaban J connectivity index is 1.96. The Bertz CT molecular complexity index is 1250. The van der Waals surface area contributed by atoms with Crippen molar-refractivity contribution in [1.29, 1.82) is 0 Å². The number of pyridine rings is 1. The highest BCUT2D eigenvalue weighted by Gasteiger charge is 2.51. The summed E-state index contributed by atoms with van der Waals surface area (Å²) in [5.74, 6) is -0.652. The summed E-state index contributed by atoms with van der Waals surface area (Å²) in [6.07, 6.45) is 3.18. The topological polar surface area (TPSA) is 3.88 Å². The summed E-state index contributed by atoms with van der Waals surface area (Å²) in [5, 5.41) is 0. The lowest BCUT2D eigenvalue weighted by molar-refractivity contribution is -0.661. The smallest absolute Gasteiger partial charge is 0.201 e. The van der Waals surface area contributed by atoms with Gasteiger partial charge in [0.1, 0.15) is 7.05 Å². The summed E-state index contributed by atoms with van der Waals surface area (Å²) in [7, 11) is 2.17. The first-order valence-electron chi connectivity index (χ1n) is 11.7. The van der Waals surface area contributed by atoms with E-state index in [1.165, 1.54) is 50.2 Å². The molecule has 0 amide bonds. The van der Waals surface area contributed by atoms with Gasteiger partial charge in [0.05, 0.1) is 5.56 Å². The summed E-state index contributed by atoms with van der Waals surface area (Å²) in [5.41, 5.74) is 13.5. The van der Waals surface area contributed by atoms with Crippen LogP contribution in [0.25, 0.3) is 22.4 Å². The highest BCUT2D eigenvalue weighted by atomic mass is 14.9. The normalized spacial score (nSPS) is 18.2. The van der Waals surface area contributed by atoms with Gasteiger partial charge in [-0.1, -0.05) is 71.9 Å². The molecule has 2 aliphatic carbocycles. The van der Waals surface area contributed by atoms with Crippen LogP contribution in [-0.4, -0.2) is 0 Å². The molecule has 1 nitrogen and oxygen atoms in total. The molecule has 30 heavy (non-hydrogen) atoms. The van der Waals surface area contributed by atoms with Crippen LogP contribution in [0, 0.1) is 6.92 Å². The van der Waals surface area contributed by atoms with Crippen LogP contribution in [0.2, 0.25) is 0 Å². The molecule has 0 spiro atoms. The molecule has 0 saturated heterocycles. The summed E-state index contributed by atoms with van der Waals surface area (Å²) in [6, 6.07) is 13.5. The molecule has 0 fully saturated rings. The average Bonchev–Trinajstić information content (AvgIpc) is 3.05. The van der Waals surface area contributed by atoms with Crippen molar-refractivity contribution in [2.45, 2.75) is 71.6 Å². The van der Waals surface area contributed by atoms with Crippen molar-refractivity contribution in [3.05, 3.63) is 76.0 Å². The first kappa shape index (κ1) is 18.4. The molecule has 0 bridgehead atoms. The zero-order valence-corrected chi connectivity index (χ0v) is 19.7. The fourth-order valence-electron chi connectivity index (χ4n) is 5.97. The SMILES string of the molecule is [2H]C(C)(C)c1cc[n+](C)c2c1C(C)(C)C(C)(C)c1cc3c(c(C)c1-2)-c1ccccc1C3. The van der Waals surface area contributed by atoms with Crippen LogP contribution in [0.1, 0.15) is 82.2 Å². The second-order valence-corrected chi connectivity index (χ2v) is 10.6. The van der Waals surface area contributed by atoms with E-state index in [0.29, 0.717) is 0 Å². The van der Waals surface area contributed by atoms with E-state index < -0.39 is 5.89 Å². The molecule has 0 unspecified atom stereocenters. The molecule has 2 aliphatic rings. The Kier molecular flexibility index (Phi) is 3.71. The maximum atomic E-state index is 8.94. The van der Waals surface area contributed by atoms with Gasteiger partial charge in [-0.3, -0.25) is 0 Å². The lowest BCUT2D eigenvalue weighted by Gasteiger charge is -2.48. The molecule has 0 saturated carbocycles. The van der Waals surface area contributed by atoms with Gasteiger partial charge in [0.25, 0.3) is 0 Å². The summed E-state index contributed by atoms with van der Waals surface area (Å²) in [6.45, 7) is 15.9. The standard InChI is InChI=1S/C29H34N/c1-17(2)21-13-14-30(8)27-25-18(3)24-20(15-19-11-9-10-12-22(19)24)16-23(25)28(4,5)29(6,7)26(21)27/h9-14,16-17H,15H2,1-8H3/q+1/i17D. The predicted molar refractivity (Wildman–Crippen MR) is 126 cm³/mol. The van der Waals surface area contributed by atoms with E-state index in [2.05, 4.69) is 88.8 Å². The number of hydrogen-bond donors (Lipinski definition) is 0. The number of aryl methyl sites for hydroxylation is 1. The van der Waals surface area contributed by atoms with Crippen LogP contribution >= 0.6 is 0 Å². The van der Waals surface area contributed by atoms with Crippen LogP contribution in [0.5, 0.6) is 0 Å². The molecule has 0 N–H and O–H groups in total. The van der Waals surface area contributed by atoms with E-state index >= 15 is 0 Å². The van der Waals surface area contributed by atoms with Gasteiger partial charge in [0, 0.05) is 18.4 Å². The third kappa shape index (κ3) is 2.27. The molecular formula is C29H34N+. The molecular weight excluding hydrogens is 362 g/mol. The van der Waals surface area contributed by atoms with E-state index in [1.807, 2.05) is 13.8 Å².